The lowest BCUT2D eigenvalue weighted by Crippen LogP contribution is -2.24. The molecule has 104 valence electrons. The van der Waals surface area contributed by atoms with Gasteiger partial charge in [0.05, 0.1) is 0 Å². The molecule has 1 unspecified atom stereocenters. The monoisotopic (exact) mass is 296 g/mol. The summed E-state index contributed by atoms with van der Waals surface area (Å²) in [5.74, 6) is -2.03. The molecular weight excluding hydrogens is 286 g/mol. The molecule has 0 saturated carbocycles. The maximum atomic E-state index is 13.4. The van der Waals surface area contributed by atoms with Crippen LogP contribution in [-0.2, 0) is 0 Å². The van der Waals surface area contributed by atoms with Gasteiger partial charge in [0.2, 0.25) is 5.78 Å². The first-order chi connectivity index (χ1) is 9.47. The number of ether oxygens (including phenoxy) is 1. The van der Waals surface area contributed by atoms with Gasteiger partial charge < -0.3 is 4.74 Å². The number of rotatable bonds is 4. The van der Waals surface area contributed by atoms with Crippen LogP contribution in [0.3, 0.4) is 0 Å². The fraction of sp³-hybridized carbons (Fsp3) is 0.133. The second-order valence-corrected chi connectivity index (χ2v) is 4.64. The molecule has 0 bridgehead atoms. The number of hydrogen-bond donors (Lipinski definition) is 0. The van der Waals surface area contributed by atoms with E-state index in [1.807, 2.05) is 0 Å². The summed E-state index contributed by atoms with van der Waals surface area (Å²) >= 11 is 5.73. The second kappa shape index (κ2) is 6.01. The molecule has 0 aromatic heterocycles. The van der Waals surface area contributed by atoms with Gasteiger partial charge in [-0.2, -0.15) is 0 Å². The third-order valence-electron chi connectivity index (χ3n) is 2.70. The number of benzene rings is 2. The second-order valence-electron chi connectivity index (χ2n) is 4.21. The third kappa shape index (κ3) is 3.33. The molecular formula is C15H11ClF2O2. The number of Topliss-reactive ketones (excluding diaryl/α,β-unsaturated/α-hetero) is 1. The lowest BCUT2D eigenvalue weighted by atomic mass is 10.1. The Labute approximate surface area is 119 Å². The van der Waals surface area contributed by atoms with Crippen molar-refractivity contribution in [1.82, 2.24) is 0 Å². The van der Waals surface area contributed by atoms with Crippen LogP contribution in [0.4, 0.5) is 8.78 Å². The predicted molar refractivity (Wildman–Crippen MR) is 72.2 cm³/mol. The standard InChI is InChI=1S/C15H11ClF2O2/c1-9(15(19)10-2-4-11(16)5-3-10)20-14-7-6-12(17)8-13(14)18/h2-9H,1H3. The molecule has 0 aliphatic heterocycles. The lowest BCUT2D eigenvalue weighted by Gasteiger charge is -2.14. The van der Waals surface area contributed by atoms with Crippen LogP contribution in [0.25, 0.3) is 0 Å². The Kier molecular flexibility index (Phi) is 4.35. The average molecular weight is 297 g/mol. The summed E-state index contributed by atoms with van der Waals surface area (Å²) in [6.45, 7) is 1.50. The Hall–Kier alpha value is -1.94. The van der Waals surface area contributed by atoms with Gasteiger partial charge in [0.25, 0.3) is 0 Å². The molecule has 2 aromatic rings. The SMILES string of the molecule is CC(Oc1ccc(F)cc1F)C(=O)c1ccc(Cl)cc1. The third-order valence-corrected chi connectivity index (χ3v) is 2.95. The van der Waals surface area contributed by atoms with Gasteiger partial charge in [-0.1, -0.05) is 11.6 Å². The van der Waals surface area contributed by atoms with E-state index in [2.05, 4.69) is 0 Å². The van der Waals surface area contributed by atoms with E-state index in [0.29, 0.717) is 16.7 Å². The molecule has 1 atom stereocenters. The number of halogens is 3. The number of carbonyl (C=O) groups excluding carboxylic acids is 1. The van der Waals surface area contributed by atoms with Crippen LogP contribution in [0.2, 0.25) is 5.02 Å². The van der Waals surface area contributed by atoms with Gasteiger partial charge in [-0.25, -0.2) is 8.78 Å². The number of carbonyl (C=O) groups is 1. The van der Waals surface area contributed by atoms with Crippen molar-refractivity contribution in [2.75, 3.05) is 0 Å². The van der Waals surface area contributed by atoms with E-state index >= 15 is 0 Å². The zero-order chi connectivity index (χ0) is 14.7. The quantitative estimate of drug-likeness (QED) is 0.788. The molecule has 2 aromatic carbocycles. The molecule has 0 spiro atoms. The van der Waals surface area contributed by atoms with Crippen LogP contribution >= 0.6 is 11.6 Å². The zero-order valence-corrected chi connectivity index (χ0v) is 11.3. The van der Waals surface area contributed by atoms with Crippen molar-refractivity contribution in [2.24, 2.45) is 0 Å². The first-order valence-electron chi connectivity index (χ1n) is 5.89. The highest BCUT2D eigenvalue weighted by Crippen LogP contribution is 2.20. The number of hydrogen-bond acceptors (Lipinski definition) is 2. The normalized spacial score (nSPS) is 12.0. The van der Waals surface area contributed by atoms with Crippen molar-refractivity contribution >= 4 is 17.4 Å². The van der Waals surface area contributed by atoms with Crippen molar-refractivity contribution in [3.63, 3.8) is 0 Å². The summed E-state index contributed by atoms with van der Waals surface area (Å²) < 4.78 is 31.4. The van der Waals surface area contributed by atoms with Crippen LogP contribution in [0.1, 0.15) is 17.3 Å². The predicted octanol–water partition coefficient (Wildman–Crippen LogP) is 4.27. The van der Waals surface area contributed by atoms with Crippen molar-refractivity contribution in [3.05, 3.63) is 64.7 Å². The van der Waals surface area contributed by atoms with Crippen LogP contribution in [0, 0.1) is 11.6 Å². The van der Waals surface area contributed by atoms with E-state index in [1.54, 1.807) is 24.3 Å². The molecule has 0 radical (unpaired) electrons. The van der Waals surface area contributed by atoms with Gasteiger partial charge in [-0.3, -0.25) is 4.79 Å². The van der Waals surface area contributed by atoms with Crippen LogP contribution in [-0.4, -0.2) is 11.9 Å². The molecule has 0 aliphatic carbocycles. The summed E-state index contributed by atoms with van der Waals surface area (Å²) in [6.07, 6.45) is -0.892. The van der Waals surface area contributed by atoms with Crippen LogP contribution in [0.5, 0.6) is 5.75 Å². The first kappa shape index (κ1) is 14.5. The van der Waals surface area contributed by atoms with Crippen LogP contribution in [0.15, 0.2) is 42.5 Å². The lowest BCUT2D eigenvalue weighted by molar-refractivity contribution is 0.0812. The molecule has 0 fully saturated rings. The Morgan fingerprint density at radius 2 is 1.80 bits per heavy atom. The van der Waals surface area contributed by atoms with E-state index in [0.717, 1.165) is 12.1 Å². The minimum Gasteiger partial charge on any atom is -0.479 e. The minimum atomic E-state index is -0.892. The molecule has 20 heavy (non-hydrogen) atoms. The number of ketones is 1. The van der Waals surface area contributed by atoms with Gasteiger partial charge in [0.15, 0.2) is 17.7 Å². The fourth-order valence-electron chi connectivity index (χ4n) is 1.66. The molecule has 0 aliphatic rings. The summed E-state index contributed by atoms with van der Waals surface area (Å²) in [5, 5.41) is 0.514. The Balaban J connectivity index is 2.13. The van der Waals surface area contributed by atoms with E-state index < -0.39 is 17.7 Å². The molecule has 0 saturated heterocycles. The highest BCUT2D eigenvalue weighted by molar-refractivity contribution is 6.30. The molecule has 2 rings (SSSR count). The first-order valence-corrected chi connectivity index (χ1v) is 6.26. The maximum Gasteiger partial charge on any atom is 0.202 e. The van der Waals surface area contributed by atoms with Crippen LogP contribution < -0.4 is 4.74 Å². The summed E-state index contributed by atoms with van der Waals surface area (Å²) in [4.78, 5) is 12.1. The van der Waals surface area contributed by atoms with Crippen molar-refractivity contribution in [1.29, 1.82) is 0 Å². The van der Waals surface area contributed by atoms with Gasteiger partial charge in [-0.15, -0.1) is 0 Å². The van der Waals surface area contributed by atoms with Crippen molar-refractivity contribution < 1.29 is 18.3 Å². The maximum absolute atomic E-state index is 13.4. The van der Waals surface area contributed by atoms with Gasteiger partial charge in [0, 0.05) is 16.7 Å². The van der Waals surface area contributed by atoms with E-state index in [4.69, 9.17) is 16.3 Å². The average Bonchev–Trinajstić information content (AvgIpc) is 2.42. The summed E-state index contributed by atoms with van der Waals surface area (Å²) in [7, 11) is 0. The largest absolute Gasteiger partial charge is 0.479 e. The smallest absolute Gasteiger partial charge is 0.202 e. The highest BCUT2D eigenvalue weighted by Gasteiger charge is 2.18. The Morgan fingerprint density at radius 1 is 1.15 bits per heavy atom. The van der Waals surface area contributed by atoms with E-state index in [-0.39, 0.29) is 11.5 Å². The van der Waals surface area contributed by atoms with Gasteiger partial charge in [0.1, 0.15) is 5.82 Å². The summed E-state index contributed by atoms with van der Waals surface area (Å²) in [6, 6.07) is 9.21. The van der Waals surface area contributed by atoms with Crippen molar-refractivity contribution in [2.45, 2.75) is 13.0 Å². The zero-order valence-electron chi connectivity index (χ0n) is 10.6. The molecule has 2 nitrogen and oxygen atoms in total. The molecule has 0 N–H and O–H groups in total. The van der Waals surface area contributed by atoms with Gasteiger partial charge in [-0.05, 0) is 43.3 Å². The summed E-state index contributed by atoms with van der Waals surface area (Å²) in [5.41, 5.74) is 0.407. The van der Waals surface area contributed by atoms with Crippen molar-refractivity contribution in [3.8, 4) is 5.75 Å². The Morgan fingerprint density at radius 3 is 2.40 bits per heavy atom. The van der Waals surface area contributed by atoms with E-state index in [1.165, 1.54) is 6.92 Å². The minimum absolute atomic E-state index is 0.166. The fourth-order valence-corrected chi connectivity index (χ4v) is 1.79. The Bertz CT molecular complexity index is 626. The topological polar surface area (TPSA) is 26.3 Å². The van der Waals surface area contributed by atoms with Gasteiger partial charge >= 0.3 is 0 Å². The molecule has 0 amide bonds. The van der Waals surface area contributed by atoms with E-state index in [9.17, 15) is 13.6 Å². The molecule has 5 heteroatoms. The highest BCUT2D eigenvalue weighted by atomic mass is 35.5. The molecule has 0 heterocycles.